The Morgan fingerprint density at radius 2 is 2.00 bits per heavy atom. The number of nitrogens with one attached hydrogen (secondary N) is 1. The van der Waals surface area contributed by atoms with Crippen LogP contribution in [0.5, 0.6) is 0 Å². The fourth-order valence-electron chi connectivity index (χ4n) is 4.20. The van der Waals surface area contributed by atoms with Crippen molar-refractivity contribution in [2.24, 2.45) is 16.6 Å². The number of aliphatic imine (C=N–C) groups is 1. The van der Waals surface area contributed by atoms with Crippen LogP contribution in [-0.2, 0) is 10.3 Å². The molecule has 2 heterocycles. The van der Waals surface area contributed by atoms with Gasteiger partial charge < -0.3 is 15.8 Å². The number of benzene rings is 1. The van der Waals surface area contributed by atoms with Crippen molar-refractivity contribution in [1.29, 1.82) is 0 Å². The molecule has 32 heavy (non-hydrogen) atoms. The fraction of sp³-hybridized carbons (Fsp3) is 0.381. The monoisotopic (exact) mass is 454 g/mol. The number of halogens is 5. The third kappa shape index (κ3) is 3.55. The average Bonchev–Trinajstić information content (AvgIpc) is 2.70. The summed E-state index contributed by atoms with van der Waals surface area (Å²) in [5.74, 6) is -2.47. The minimum absolute atomic E-state index is 0.0155. The number of nitrogens with zero attached hydrogens (tertiary/aromatic N) is 2. The lowest BCUT2D eigenvalue weighted by molar-refractivity contribution is -0.0949. The lowest BCUT2D eigenvalue weighted by atomic mass is 9.65. The number of alkyl halides is 4. The number of anilines is 1. The van der Waals surface area contributed by atoms with E-state index in [4.69, 9.17) is 10.5 Å². The third-order valence-electron chi connectivity index (χ3n) is 5.90. The van der Waals surface area contributed by atoms with Crippen LogP contribution in [0.25, 0.3) is 0 Å². The van der Waals surface area contributed by atoms with Crippen LogP contribution >= 0.6 is 0 Å². The maximum Gasteiger partial charge on any atom is 0.283 e. The largest absolute Gasteiger partial charge is 0.462 e. The normalized spacial score (nSPS) is 24.4. The Morgan fingerprint density at radius 3 is 2.59 bits per heavy atom. The van der Waals surface area contributed by atoms with Crippen molar-refractivity contribution >= 4 is 17.6 Å². The molecule has 4 rings (SSSR count). The van der Waals surface area contributed by atoms with E-state index in [1.807, 2.05) is 0 Å². The standard InChI is InChI=1S/C21H19F5N4O2/c1-9-6-10(17(23)24)8-28-16(9)18(31)29-11-2-4-14(22)13(7-11)21(19(25)26)12-3-5-15(12)32-20(27)30-21/h2,4,6-8,12,15,17,19H,3,5H2,1H3,(H2,27,30)(H,29,31)/t12-,15+,21-/m0/s1. The molecule has 2 aliphatic rings. The molecule has 1 aromatic heterocycles. The topological polar surface area (TPSA) is 89.6 Å². The molecular weight excluding hydrogens is 435 g/mol. The molecule has 1 aromatic carbocycles. The molecule has 1 aliphatic carbocycles. The van der Waals surface area contributed by atoms with Gasteiger partial charge >= 0.3 is 0 Å². The number of carbonyl (C=O) groups excluding carboxylic acids is 1. The molecule has 1 saturated carbocycles. The minimum atomic E-state index is -3.08. The molecule has 2 aromatic rings. The van der Waals surface area contributed by atoms with Crippen LogP contribution in [0.2, 0.25) is 0 Å². The van der Waals surface area contributed by atoms with Crippen molar-refractivity contribution in [1.82, 2.24) is 4.98 Å². The predicted molar refractivity (Wildman–Crippen MR) is 105 cm³/mol. The Kier molecular flexibility index (Phi) is 5.51. The summed E-state index contributed by atoms with van der Waals surface area (Å²) in [6, 6.07) is 3.91. The van der Waals surface area contributed by atoms with Gasteiger partial charge in [-0.05, 0) is 49.6 Å². The lowest BCUT2D eigenvalue weighted by Gasteiger charge is -2.50. The average molecular weight is 454 g/mol. The number of amidine groups is 1. The Morgan fingerprint density at radius 1 is 1.25 bits per heavy atom. The fourth-order valence-corrected chi connectivity index (χ4v) is 4.20. The Bertz CT molecular complexity index is 1090. The van der Waals surface area contributed by atoms with Gasteiger partial charge in [-0.2, -0.15) is 0 Å². The molecule has 0 spiro atoms. The number of ether oxygens (including phenoxy) is 1. The summed E-state index contributed by atoms with van der Waals surface area (Å²) in [5.41, 5.74) is 2.69. The molecular formula is C21H19F5N4O2. The maximum absolute atomic E-state index is 14.8. The summed E-state index contributed by atoms with van der Waals surface area (Å²) in [6.07, 6.45) is -4.70. The van der Waals surface area contributed by atoms with Crippen LogP contribution in [0.1, 0.15) is 46.4 Å². The molecule has 3 N–H and O–H groups in total. The van der Waals surface area contributed by atoms with Crippen LogP contribution < -0.4 is 11.1 Å². The quantitative estimate of drug-likeness (QED) is 0.660. The van der Waals surface area contributed by atoms with Gasteiger partial charge in [0.2, 0.25) is 0 Å². The summed E-state index contributed by atoms with van der Waals surface area (Å²) in [5, 5.41) is 2.45. The van der Waals surface area contributed by atoms with E-state index in [2.05, 4.69) is 15.3 Å². The van der Waals surface area contributed by atoms with Gasteiger partial charge in [0.15, 0.2) is 5.54 Å². The number of aromatic nitrogens is 1. The number of nitrogens with two attached hydrogens (primary N) is 1. The number of hydrogen-bond acceptors (Lipinski definition) is 5. The van der Waals surface area contributed by atoms with Gasteiger partial charge in [-0.3, -0.25) is 9.78 Å². The van der Waals surface area contributed by atoms with Crippen LogP contribution in [0.15, 0.2) is 35.5 Å². The second kappa shape index (κ2) is 8.03. The number of amides is 1. The van der Waals surface area contributed by atoms with E-state index in [9.17, 15) is 26.7 Å². The zero-order valence-electron chi connectivity index (χ0n) is 16.8. The molecule has 0 saturated heterocycles. The highest BCUT2D eigenvalue weighted by atomic mass is 19.3. The van der Waals surface area contributed by atoms with E-state index in [1.54, 1.807) is 0 Å². The third-order valence-corrected chi connectivity index (χ3v) is 5.90. The summed E-state index contributed by atoms with van der Waals surface area (Å²) in [6.45, 7) is 1.44. The summed E-state index contributed by atoms with van der Waals surface area (Å²) in [7, 11) is 0. The molecule has 6 nitrogen and oxygen atoms in total. The molecule has 1 fully saturated rings. The molecule has 170 valence electrons. The number of pyridine rings is 1. The highest BCUT2D eigenvalue weighted by Gasteiger charge is 2.59. The van der Waals surface area contributed by atoms with E-state index in [-0.39, 0.29) is 22.5 Å². The number of aryl methyl sites for hydroxylation is 1. The van der Waals surface area contributed by atoms with Crippen molar-refractivity contribution < 1.29 is 31.5 Å². The van der Waals surface area contributed by atoms with Crippen molar-refractivity contribution in [3.8, 4) is 0 Å². The van der Waals surface area contributed by atoms with Crippen LogP contribution in [-0.4, -0.2) is 29.4 Å². The smallest absolute Gasteiger partial charge is 0.283 e. The summed E-state index contributed by atoms with van der Waals surface area (Å²) < 4.78 is 74.4. The minimum Gasteiger partial charge on any atom is -0.462 e. The van der Waals surface area contributed by atoms with Gasteiger partial charge in [0.05, 0.1) is 0 Å². The zero-order valence-corrected chi connectivity index (χ0v) is 16.8. The first-order valence-electron chi connectivity index (χ1n) is 9.79. The van der Waals surface area contributed by atoms with Crippen molar-refractivity contribution in [3.05, 3.63) is 58.7 Å². The van der Waals surface area contributed by atoms with Crippen molar-refractivity contribution in [2.45, 2.75) is 44.3 Å². The van der Waals surface area contributed by atoms with Gasteiger partial charge in [0.1, 0.15) is 17.6 Å². The van der Waals surface area contributed by atoms with Crippen LogP contribution in [0.3, 0.4) is 0 Å². The Labute approximate surface area is 179 Å². The van der Waals surface area contributed by atoms with E-state index >= 15 is 0 Å². The molecule has 0 radical (unpaired) electrons. The van der Waals surface area contributed by atoms with E-state index in [0.717, 1.165) is 24.4 Å². The molecule has 3 atom stereocenters. The lowest BCUT2D eigenvalue weighted by Crippen LogP contribution is -2.57. The summed E-state index contributed by atoms with van der Waals surface area (Å²) in [4.78, 5) is 20.2. The molecule has 1 amide bonds. The van der Waals surface area contributed by atoms with Gasteiger partial charge in [-0.15, -0.1) is 0 Å². The van der Waals surface area contributed by atoms with Crippen molar-refractivity contribution in [2.75, 3.05) is 5.32 Å². The van der Waals surface area contributed by atoms with Gasteiger partial charge in [0, 0.05) is 28.9 Å². The SMILES string of the molecule is Cc1cc(C(F)F)cnc1C(=O)Nc1ccc(F)c([C@@]2(C(F)F)N=C(N)O[C@@H]3CC[C@@H]32)c1. The molecule has 11 heteroatoms. The molecule has 0 unspecified atom stereocenters. The second-order valence-corrected chi connectivity index (χ2v) is 7.80. The first-order valence-corrected chi connectivity index (χ1v) is 9.79. The van der Waals surface area contributed by atoms with Crippen molar-refractivity contribution in [3.63, 3.8) is 0 Å². The Hall–Kier alpha value is -3.24. The Balaban J connectivity index is 1.69. The zero-order chi connectivity index (χ0) is 23.2. The van der Waals surface area contributed by atoms with Gasteiger partial charge in [-0.1, -0.05) is 0 Å². The van der Waals surface area contributed by atoms with Gasteiger partial charge in [-0.25, -0.2) is 26.9 Å². The molecule has 0 bridgehead atoms. The van der Waals surface area contributed by atoms with Gasteiger partial charge in [0.25, 0.3) is 24.8 Å². The number of carbonyl (C=O) groups is 1. The predicted octanol–water partition coefficient (Wildman–Crippen LogP) is 4.30. The van der Waals surface area contributed by atoms with E-state index in [1.165, 1.54) is 13.0 Å². The van der Waals surface area contributed by atoms with Crippen LogP contribution in [0, 0.1) is 18.7 Å². The first-order chi connectivity index (χ1) is 15.1. The molecule has 1 aliphatic heterocycles. The first kappa shape index (κ1) is 22.0. The van der Waals surface area contributed by atoms with E-state index < -0.39 is 53.7 Å². The number of fused-ring (bicyclic) bond motifs is 1. The maximum atomic E-state index is 14.8. The van der Waals surface area contributed by atoms with E-state index in [0.29, 0.717) is 12.8 Å². The second-order valence-electron chi connectivity index (χ2n) is 7.80. The number of hydrogen-bond donors (Lipinski definition) is 2. The highest BCUT2D eigenvalue weighted by molar-refractivity contribution is 6.03. The highest BCUT2D eigenvalue weighted by Crippen LogP contribution is 2.53. The van der Waals surface area contributed by atoms with Crippen LogP contribution in [0.4, 0.5) is 27.6 Å². The summed E-state index contributed by atoms with van der Waals surface area (Å²) >= 11 is 0. The number of rotatable bonds is 5.